The predicted molar refractivity (Wildman–Crippen MR) is 102 cm³/mol. The highest BCUT2D eigenvalue weighted by atomic mass is 35.5. The normalized spacial score (nSPS) is 9.19. The maximum atomic E-state index is 10.2. The van der Waals surface area contributed by atoms with E-state index < -0.39 is 4.92 Å². The number of benzene rings is 2. The maximum absolute atomic E-state index is 10.2. The van der Waals surface area contributed by atoms with Gasteiger partial charge in [-0.3, -0.25) is 10.1 Å². The Hall–Kier alpha value is -3.29. The largest absolute Gasteiger partial charge is 0.398 e. The Labute approximate surface area is 157 Å². The smallest absolute Gasteiger partial charge is 0.271 e. The molecule has 0 saturated heterocycles. The van der Waals surface area contributed by atoms with Gasteiger partial charge in [-0.05, 0) is 18.2 Å². The summed E-state index contributed by atoms with van der Waals surface area (Å²) >= 11 is 5.53. The fourth-order valence-electron chi connectivity index (χ4n) is 2.01. The number of halogens is 1. The standard InChI is InChI=1S/C12H13N3.C6H5ClN2O2/c13-8-4-10-15(11-5-9-14)12-6-2-1-3-7-12;7-5-3-4(9(10)11)1-2-6(5)8/h1-3,6-7H,4-5,10-11H2;1-3H,8H2. The number of nitro groups is 1. The van der Waals surface area contributed by atoms with Crippen LogP contribution in [0.5, 0.6) is 0 Å². The summed E-state index contributed by atoms with van der Waals surface area (Å²) in [4.78, 5) is 11.7. The van der Waals surface area contributed by atoms with E-state index in [1.807, 2.05) is 30.3 Å². The van der Waals surface area contributed by atoms with Crippen molar-refractivity contribution in [2.24, 2.45) is 0 Å². The van der Waals surface area contributed by atoms with Crippen molar-refractivity contribution in [3.05, 3.63) is 63.7 Å². The summed E-state index contributed by atoms with van der Waals surface area (Å²) in [5.41, 5.74) is 6.70. The van der Waals surface area contributed by atoms with Crippen molar-refractivity contribution in [1.29, 1.82) is 10.5 Å². The van der Waals surface area contributed by atoms with Crippen LogP contribution in [0.25, 0.3) is 0 Å². The van der Waals surface area contributed by atoms with E-state index in [0.29, 0.717) is 31.6 Å². The zero-order chi connectivity index (χ0) is 19.4. The van der Waals surface area contributed by atoms with Crippen molar-refractivity contribution >= 4 is 28.7 Å². The van der Waals surface area contributed by atoms with Crippen molar-refractivity contribution in [2.75, 3.05) is 23.7 Å². The molecule has 2 aromatic rings. The molecule has 134 valence electrons. The van der Waals surface area contributed by atoms with Gasteiger partial charge in [0.1, 0.15) is 0 Å². The molecule has 0 heterocycles. The first-order chi connectivity index (χ1) is 12.5. The van der Waals surface area contributed by atoms with E-state index in [1.54, 1.807) is 0 Å². The lowest BCUT2D eigenvalue weighted by Gasteiger charge is -2.22. The van der Waals surface area contributed by atoms with Gasteiger partial charge in [-0.2, -0.15) is 10.5 Å². The van der Waals surface area contributed by atoms with Gasteiger partial charge in [-0.15, -0.1) is 0 Å². The third-order valence-electron chi connectivity index (χ3n) is 3.30. The second kappa shape index (κ2) is 11.3. The van der Waals surface area contributed by atoms with Crippen molar-refractivity contribution in [1.82, 2.24) is 0 Å². The third kappa shape index (κ3) is 7.08. The molecule has 0 unspecified atom stereocenters. The molecule has 0 aliphatic rings. The van der Waals surface area contributed by atoms with Gasteiger partial charge in [-0.1, -0.05) is 29.8 Å². The van der Waals surface area contributed by atoms with E-state index in [2.05, 4.69) is 17.0 Å². The molecular formula is C18H18ClN5O2. The third-order valence-corrected chi connectivity index (χ3v) is 3.63. The fraction of sp³-hybridized carbons (Fsp3) is 0.222. The number of nitrogens with zero attached hydrogens (tertiary/aromatic N) is 4. The van der Waals surface area contributed by atoms with Crippen molar-refractivity contribution < 1.29 is 4.92 Å². The maximum Gasteiger partial charge on any atom is 0.271 e. The Bertz CT molecular complexity index is 781. The SMILES string of the molecule is N#CCCN(CCC#N)c1ccccc1.Nc1ccc([N+](=O)[O-])cc1Cl. The molecule has 2 N–H and O–H groups in total. The molecule has 0 aromatic heterocycles. The zero-order valence-electron chi connectivity index (χ0n) is 14.0. The van der Waals surface area contributed by atoms with Gasteiger partial charge in [0.25, 0.3) is 5.69 Å². The molecule has 0 spiro atoms. The highest BCUT2D eigenvalue weighted by Crippen LogP contribution is 2.23. The molecule has 0 bridgehead atoms. The van der Waals surface area contributed by atoms with Gasteiger partial charge in [0, 0.05) is 30.9 Å². The van der Waals surface area contributed by atoms with Gasteiger partial charge in [0.05, 0.1) is 40.6 Å². The molecule has 26 heavy (non-hydrogen) atoms. The summed E-state index contributed by atoms with van der Waals surface area (Å²) in [6, 6.07) is 18.0. The summed E-state index contributed by atoms with van der Waals surface area (Å²) in [6.07, 6.45) is 0.973. The average molecular weight is 372 g/mol. The molecule has 2 aromatic carbocycles. The van der Waals surface area contributed by atoms with E-state index in [4.69, 9.17) is 27.9 Å². The number of hydrogen-bond donors (Lipinski definition) is 1. The van der Waals surface area contributed by atoms with Gasteiger partial charge in [-0.25, -0.2) is 0 Å². The minimum atomic E-state index is -0.522. The summed E-state index contributed by atoms with van der Waals surface area (Å²) in [6.45, 7) is 1.37. The summed E-state index contributed by atoms with van der Waals surface area (Å²) in [7, 11) is 0. The minimum absolute atomic E-state index is 0.0517. The number of rotatable bonds is 6. The van der Waals surface area contributed by atoms with Crippen LogP contribution in [0.3, 0.4) is 0 Å². The molecule has 2 rings (SSSR count). The fourth-order valence-corrected chi connectivity index (χ4v) is 2.18. The van der Waals surface area contributed by atoms with Crippen LogP contribution in [0.15, 0.2) is 48.5 Å². The number of nitro benzene ring substituents is 1. The molecular weight excluding hydrogens is 354 g/mol. The Morgan fingerprint density at radius 1 is 1.08 bits per heavy atom. The van der Waals surface area contributed by atoms with E-state index in [0.717, 1.165) is 5.69 Å². The quantitative estimate of drug-likeness (QED) is 0.462. The van der Waals surface area contributed by atoms with E-state index >= 15 is 0 Å². The monoisotopic (exact) mass is 371 g/mol. The van der Waals surface area contributed by atoms with Crippen molar-refractivity contribution in [3.8, 4) is 12.1 Å². The topological polar surface area (TPSA) is 120 Å². The highest BCUT2D eigenvalue weighted by Gasteiger charge is 2.06. The Kier molecular flexibility index (Phi) is 9.02. The van der Waals surface area contributed by atoms with Crippen LogP contribution in [-0.4, -0.2) is 18.0 Å². The number of non-ortho nitro benzene ring substituents is 1. The van der Waals surface area contributed by atoms with Crippen LogP contribution < -0.4 is 10.6 Å². The molecule has 0 aliphatic carbocycles. The summed E-state index contributed by atoms with van der Waals surface area (Å²) in [5.74, 6) is 0. The number of hydrogen-bond acceptors (Lipinski definition) is 6. The number of nitrogen functional groups attached to an aromatic ring is 1. The molecule has 0 atom stereocenters. The van der Waals surface area contributed by atoms with E-state index in [9.17, 15) is 10.1 Å². The van der Waals surface area contributed by atoms with Gasteiger partial charge in [0.2, 0.25) is 0 Å². The number of para-hydroxylation sites is 1. The lowest BCUT2D eigenvalue weighted by atomic mass is 10.2. The molecule has 0 aliphatic heterocycles. The Morgan fingerprint density at radius 3 is 2.12 bits per heavy atom. The Morgan fingerprint density at radius 2 is 1.65 bits per heavy atom. The first-order valence-corrected chi connectivity index (χ1v) is 8.10. The van der Waals surface area contributed by atoms with E-state index in [-0.39, 0.29) is 10.7 Å². The molecule has 8 heteroatoms. The van der Waals surface area contributed by atoms with Crippen LogP contribution in [0.4, 0.5) is 17.1 Å². The first-order valence-electron chi connectivity index (χ1n) is 7.73. The summed E-state index contributed by atoms with van der Waals surface area (Å²) < 4.78 is 0. The molecule has 0 saturated carbocycles. The molecule has 0 amide bonds. The molecule has 0 radical (unpaired) electrons. The van der Waals surface area contributed by atoms with E-state index in [1.165, 1.54) is 18.2 Å². The predicted octanol–water partition coefficient (Wildman–Crippen LogP) is 4.15. The zero-order valence-corrected chi connectivity index (χ0v) is 14.8. The summed E-state index contributed by atoms with van der Waals surface area (Å²) in [5, 5.41) is 27.5. The molecule has 0 fully saturated rings. The van der Waals surface area contributed by atoms with Gasteiger partial charge < -0.3 is 10.6 Å². The van der Waals surface area contributed by atoms with Crippen molar-refractivity contribution in [3.63, 3.8) is 0 Å². The number of anilines is 2. The van der Waals surface area contributed by atoms with Crippen LogP contribution in [0.1, 0.15) is 12.8 Å². The first kappa shape index (κ1) is 20.8. The number of nitrogens with two attached hydrogens (primary N) is 1. The Balaban J connectivity index is 0.000000273. The van der Waals surface area contributed by atoms with Gasteiger partial charge in [0.15, 0.2) is 0 Å². The van der Waals surface area contributed by atoms with Gasteiger partial charge >= 0.3 is 0 Å². The van der Waals surface area contributed by atoms with Crippen LogP contribution >= 0.6 is 11.6 Å². The minimum Gasteiger partial charge on any atom is -0.398 e. The second-order valence-corrected chi connectivity index (χ2v) is 5.51. The highest BCUT2D eigenvalue weighted by molar-refractivity contribution is 6.33. The van der Waals surface area contributed by atoms with Crippen molar-refractivity contribution in [2.45, 2.75) is 12.8 Å². The lowest BCUT2D eigenvalue weighted by molar-refractivity contribution is -0.384. The number of nitriles is 2. The average Bonchev–Trinajstić information content (AvgIpc) is 2.65. The second-order valence-electron chi connectivity index (χ2n) is 5.10. The lowest BCUT2D eigenvalue weighted by Crippen LogP contribution is -2.25. The van der Waals surface area contributed by atoms with Crippen LogP contribution in [0.2, 0.25) is 5.02 Å². The van der Waals surface area contributed by atoms with Crippen LogP contribution in [0, 0.1) is 32.8 Å². The molecule has 7 nitrogen and oxygen atoms in total. The van der Waals surface area contributed by atoms with Crippen LogP contribution in [-0.2, 0) is 0 Å².